The van der Waals surface area contributed by atoms with Gasteiger partial charge in [-0.1, -0.05) is 34.1 Å². The smallest absolute Gasteiger partial charge is 0.161 e. The molecule has 0 aromatic heterocycles. The number of carbonyl (C=O) groups excluding carboxylic acids is 1. The second-order valence-corrected chi connectivity index (χ2v) is 5.58. The molecule has 0 aliphatic carbocycles. The van der Waals surface area contributed by atoms with Gasteiger partial charge < -0.3 is 4.90 Å². The summed E-state index contributed by atoms with van der Waals surface area (Å²) in [6, 6.07) is 12.1. The number of rotatable bonds is 4. The van der Waals surface area contributed by atoms with Crippen LogP contribution in [0.2, 0.25) is 0 Å². The second kappa shape index (κ2) is 6.18. The van der Waals surface area contributed by atoms with E-state index in [0.717, 1.165) is 10.2 Å². The zero-order valence-corrected chi connectivity index (χ0v) is 12.9. The second-order valence-electron chi connectivity index (χ2n) is 4.67. The highest BCUT2D eigenvalue weighted by Crippen LogP contribution is 2.26. The molecule has 104 valence electrons. The minimum absolute atomic E-state index is 0.00659. The number of Topliss-reactive ketones (excluding diaryl/α,β-unsaturated/α-hetero) is 1. The molecular formula is C16H15BrFNO. The van der Waals surface area contributed by atoms with Crippen molar-refractivity contribution in [3.63, 3.8) is 0 Å². The van der Waals surface area contributed by atoms with Crippen LogP contribution in [0.3, 0.4) is 0 Å². The number of halogens is 2. The van der Waals surface area contributed by atoms with Crippen molar-refractivity contribution < 1.29 is 9.18 Å². The van der Waals surface area contributed by atoms with E-state index in [0.29, 0.717) is 17.7 Å². The van der Waals surface area contributed by atoms with Gasteiger partial charge in [-0.15, -0.1) is 0 Å². The molecule has 2 aromatic rings. The van der Waals surface area contributed by atoms with Gasteiger partial charge in [-0.05, 0) is 31.2 Å². The third-order valence-electron chi connectivity index (χ3n) is 3.12. The van der Waals surface area contributed by atoms with Crippen molar-refractivity contribution in [2.45, 2.75) is 13.5 Å². The van der Waals surface area contributed by atoms with Crippen LogP contribution in [0.15, 0.2) is 46.9 Å². The van der Waals surface area contributed by atoms with E-state index < -0.39 is 0 Å². The number of ketones is 1. The molecule has 2 aromatic carbocycles. The van der Waals surface area contributed by atoms with Gasteiger partial charge in [0.25, 0.3) is 0 Å². The number of benzene rings is 2. The van der Waals surface area contributed by atoms with E-state index in [2.05, 4.69) is 15.9 Å². The molecular weight excluding hydrogens is 321 g/mol. The Morgan fingerprint density at radius 3 is 2.60 bits per heavy atom. The molecule has 0 spiro atoms. The molecule has 0 saturated heterocycles. The lowest BCUT2D eigenvalue weighted by atomic mass is 10.1. The summed E-state index contributed by atoms with van der Waals surface area (Å²) < 4.78 is 14.6. The van der Waals surface area contributed by atoms with Gasteiger partial charge in [-0.25, -0.2) is 4.39 Å². The van der Waals surface area contributed by atoms with Crippen LogP contribution in [0, 0.1) is 5.82 Å². The summed E-state index contributed by atoms with van der Waals surface area (Å²) in [6.45, 7) is 1.94. The topological polar surface area (TPSA) is 20.3 Å². The Morgan fingerprint density at radius 1 is 1.25 bits per heavy atom. The Morgan fingerprint density at radius 2 is 1.95 bits per heavy atom. The van der Waals surface area contributed by atoms with E-state index in [1.165, 1.54) is 13.0 Å². The summed E-state index contributed by atoms with van der Waals surface area (Å²) in [5.41, 5.74) is 2.02. The lowest BCUT2D eigenvalue weighted by Gasteiger charge is -2.22. The van der Waals surface area contributed by atoms with Crippen LogP contribution >= 0.6 is 15.9 Å². The average molecular weight is 336 g/mol. The fourth-order valence-corrected chi connectivity index (χ4v) is 2.43. The number of hydrogen-bond acceptors (Lipinski definition) is 2. The summed E-state index contributed by atoms with van der Waals surface area (Å²) >= 11 is 3.40. The van der Waals surface area contributed by atoms with Gasteiger partial charge >= 0.3 is 0 Å². The van der Waals surface area contributed by atoms with E-state index in [4.69, 9.17) is 0 Å². The van der Waals surface area contributed by atoms with Crippen molar-refractivity contribution in [1.82, 2.24) is 0 Å². The minimum atomic E-state index is -0.237. The molecule has 2 rings (SSSR count). The van der Waals surface area contributed by atoms with Crippen LogP contribution in [0.4, 0.5) is 10.1 Å². The third kappa shape index (κ3) is 3.25. The highest BCUT2D eigenvalue weighted by atomic mass is 79.9. The maximum absolute atomic E-state index is 13.7. The van der Waals surface area contributed by atoms with Gasteiger partial charge in [0.15, 0.2) is 5.78 Å². The van der Waals surface area contributed by atoms with Crippen molar-refractivity contribution in [1.29, 1.82) is 0 Å². The van der Waals surface area contributed by atoms with Crippen molar-refractivity contribution in [3.8, 4) is 0 Å². The molecule has 0 atom stereocenters. The molecule has 0 fully saturated rings. The van der Waals surface area contributed by atoms with Gasteiger partial charge in [0, 0.05) is 34.9 Å². The van der Waals surface area contributed by atoms with E-state index in [-0.39, 0.29) is 11.6 Å². The van der Waals surface area contributed by atoms with Crippen LogP contribution in [0.25, 0.3) is 0 Å². The Labute approximate surface area is 126 Å². The fraction of sp³-hybridized carbons (Fsp3) is 0.188. The molecule has 0 N–H and O–H groups in total. The average Bonchev–Trinajstić information content (AvgIpc) is 2.40. The van der Waals surface area contributed by atoms with E-state index in [1.807, 2.05) is 24.1 Å². The summed E-state index contributed by atoms with van der Waals surface area (Å²) in [7, 11) is 1.85. The Kier molecular flexibility index (Phi) is 4.55. The summed E-state index contributed by atoms with van der Waals surface area (Å²) in [5, 5.41) is 0. The molecule has 0 aliphatic heterocycles. The van der Waals surface area contributed by atoms with Gasteiger partial charge in [0.2, 0.25) is 0 Å². The summed E-state index contributed by atoms with van der Waals surface area (Å²) in [4.78, 5) is 13.6. The van der Waals surface area contributed by atoms with Crippen molar-refractivity contribution in [2.75, 3.05) is 11.9 Å². The Bertz CT molecular complexity index is 642. The number of anilines is 1. The van der Waals surface area contributed by atoms with Gasteiger partial charge in [0.1, 0.15) is 5.82 Å². The first-order chi connectivity index (χ1) is 9.49. The molecule has 0 heterocycles. The first-order valence-corrected chi connectivity index (χ1v) is 7.03. The minimum Gasteiger partial charge on any atom is -0.370 e. The first kappa shape index (κ1) is 14.7. The third-order valence-corrected chi connectivity index (χ3v) is 3.61. The van der Waals surface area contributed by atoms with Gasteiger partial charge in [-0.2, -0.15) is 0 Å². The molecule has 4 heteroatoms. The molecule has 20 heavy (non-hydrogen) atoms. The maximum Gasteiger partial charge on any atom is 0.161 e. The van der Waals surface area contributed by atoms with Gasteiger partial charge in [0.05, 0.1) is 0 Å². The first-order valence-electron chi connectivity index (χ1n) is 6.24. The van der Waals surface area contributed by atoms with Crippen LogP contribution in [-0.4, -0.2) is 12.8 Å². The normalized spacial score (nSPS) is 10.4. The Hall–Kier alpha value is -1.68. The van der Waals surface area contributed by atoms with Crippen molar-refractivity contribution in [3.05, 3.63) is 63.9 Å². The summed E-state index contributed by atoms with van der Waals surface area (Å²) in [6.07, 6.45) is 0. The molecule has 0 unspecified atom stereocenters. The maximum atomic E-state index is 13.7. The predicted molar refractivity (Wildman–Crippen MR) is 82.7 cm³/mol. The molecule has 0 saturated carbocycles. The monoisotopic (exact) mass is 335 g/mol. The highest BCUT2D eigenvalue weighted by Gasteiger charge is 2.13. The number of carbonyl (C=O) groups is 1. The predicted octanol–water partition coefficient (Wildman–Crippen LogP) is 4.43. The van der Waals surface area contributed by atoms with Crippen LogP contribution in [0.1, 0.15) is 22.8 Å². The van der Waals surface area contributed by atoms with Crippen LogP contribution < -0.4 is 4.90 Å². The summed E-state index contributed by atoms with van der Waals surface area (Å²) in [5.74, 6) is -0.244. The quantitative estimate of drug-likeness (QED) is 0.770. The Balaban J connectivity index is 2.34. The fourth-order valence-electron chi connectivity index (χ4n) is 2.09. The van der Waals surface area contributed by atoms with Crippen LogP contribution in [0.5, 0.6) is 0 Å². The van der Waals surface area contributed by atoms with Crippen molar-refractivity contribution in [2.24, 2.45) is 0 Å². The van der Waals surface area contributed by atoms with E-state index in [9.17, 15) is 9.18 Å². The van der Waals surface area contributed by atoms with Crippen molar-refractivity contribution >= 4 is 27.4 Å². The number of nitrogens with zero attached hydrogens (tertiary/aromatic N) is 1. The number of hydrogen-bond donors (Lipinski definition) is 0. The van der Waals surface area contributed by atoms with E-state index in [1.54, 1.807) is 24.3 Å². The molecule has 2 nitrogen and oxygen atoms in total. The molecule has 0 aliphatic rings. The molecule has 0 bridgehead atoms. The SMILES string of the molecule is CC(=O)c1ccc(Br)cc1N(C)Cc1ccccc1F. The molecule has 0 radical (unpaired) electrons. The lowest BCUT2D eigenvalue weighted by molar-refractivity contribution is 0.101. The lowest BCUT2D eigenvalue weighted by Crippen LogP contribution is -2.19. The van der Waals surface area contributed by atoms with Crippen LogP contribution in [-0.2, 0) is 6.54 Å². The largest absolute Gasteiger partial charge is 0.370 e. The standard InChI is InChI=1S/C16H15BrFNO/c1-11(20)14-8-7-13(17)9-16(14)19(2)10-12-5-3-4-6-15(12)18/h3-9H,10H2,1-2H3. The van der Waals surface area contributed by atoms with Gasteiger partial charge in [-0.3, -0.25) is 4.79 Å². The zero-order valence-electron chi connectivity index (χ0n) is 11.4. The highest BCUT2D eigenvalue weighted by molar-refractivity contribution is 9.10. The zero-order chi connectivity index (χ0) is 14.7. The van der Waals surface area contributed by atoms with E-state index >= 15 is 0 Å². The molecule has 0 amide bonds.